The van der Waals surface area contributed by atoms with Gasteiger partial charge in [0.2, 0.25) is 0 Å². The van der Waals surface area contributed by atoms with Crippen LogP contribution in [0.3, 0.4) is 0 Å². The standard InChI is InChI=1S/C7H10.C6H8/c1-2-4-6-7-5-3-1;1-2-4-6-5-3-1/h1-4H,5-7H2;1-4H,5-6H2. The summed E-state index contributed by atoms with van der Waals surface area (Å²) in [6.45, 7) is 0. The zero-order valence-electron chi connectivity index (χ0n) is 8.15. The molecule has 0 atom stereocenters. The Bertz CT molecular complexity index is 192. The Balaban J connectivity index is 0.000000132. The summed E-state index contributed by atoms with van der Waals surface area (Å²) >= 11 is 0. The molecule has 0 saturated carbocycles. The van der Waals surface area contributed by atoms with Crippen LogP contribution in [0.2, 0.25) is 0 Å². The summed E-state index contributed by atoms with van der Waals surface area (Å²) in [5, 5.41) is 0. The van der Waals surface area contributed by atoms with Gasteiger partial charge in [0.25, 0.3) is 0 Å². The summed E-state index contributed by atoms with van der Waals surface area (Å²) in [6.07, 6.45) is 23.5. The lowest BCUT2D eigenvalue weighted by Gasteiger charge is -1.88. The summed E-state index contributed by atoms with van der Waals surface area (Å²) in [6, 6.07) is 0. The molecule has 0 radical (unpaired) electrons. The molecule has 0 spiro atoms. The Morgan fingerprint density at radius 2 is 0.846 bits per heavy atom. The SMILES string of the molecule is C1=CCCC=C1.C1=CCCCC=C1. The Morgan fingerprint density at radius 1 is 0.462 bits per heavy atom. The van der Waals surface area contributed by atoms with Crippen LogP contribution in [0.25, 0.3) is 0 Å². The quantitative estimate of drug-likeness (QED) is 0.517. The highest BCUT2D eigenvalue weighted by molar-refractivity contribution is 5.07. The molecule has 0 bridgehead atoms. The molecule has 0 aromatic heterocycles. The first kappa shape index (κ1) is 10.0. The van der Waals surface area contributed by atoms with Gasteiger partial charge < -0.3 is 0 Å². The van der Waals surface area contributed by atoms with E-state index in [9.17, 15) is 0 Å². The summed E-state index contributed by atoms with van der Waals surface area (Å²) in [5.74, 6) is 0. The Hall–Kier alpha value is -1.04. The third kappa shape index (κ3) is 6.15. The molecule has 13 heavy (non-hydrogen) atoms. The fourth-order valence-corrected chi connectivity index (χ4v) is 1.25. The smallest absolute Gasteiger partial charge is 0.0313 e. The van der Waals surface area contributed by atoms with Crippen molar-refractivity contribution in [2.75, 3.05) is 0 Å². The number of hydrogen-bond acceptors (Lipinski definition) is 0. The Labute approximate surface area is 81.4 Å². The summed E-state index contributed by atoms with van der Waals surface area (Å²) < 4.78 is 0. The van der Waals surface area contributed by atoms with Crippen molar-refractivity contribution in [2.45, 2.75) is 32.1 Å². The van der Waals surface area contributed by atoms with Crippen LogP contribution in [0, 0.1) is 0 Å². The molecule has 70 valence electrons. The third-order valence-corrected chi connectivity index (χ3v) is 2.01. The topological polar surface area (TPSA) is 0 Å². The van der Waals surface area contributed by atoms with Crippen LogP contribution in [0.1, 0.15) is 32.1 Å². The highest BCUT2D eigenvalue weighted by atomic mass is 13.9. The van der Waals surface area contributed by atoms with E-state index in [4.69, 9.17) is 0 Å². The van der Waals surface area contributed by atoms with E-state index < -0.39 is 0 Å². The van der Waals surface area contributed by atoms with Gasteiger partial charge in [-0.2, -0.15) is 0 Å². The van der Waals surface area contributed by atoms with Gasteiger partial charge in [0.1, 0.15) is 0 Å². The van der Waals surface area contributed by atoms with Crippen LogP contribution in [0.15, 0.2) is 48.6 Å². The second-order valence-corrected chi connectivity index (χ2v) is 3.22. The molecule has 0 heteroatoms. The van der Waals surface area contributed by atoms with E-state index in [2.05, 4.69) is 48.6 Å². The van der Waals surface area contributed by atoms with E-state index in [1.807, 2.05) is 0 Å². The van der Waals surface area contributed by atoms with Gasteiger partial charge in [0.15, 0.2) is 0 Å². The maximum atomic E-state index is 2.21. The minimum atomic E-state index is 1.23. The normalized spacial score (nSPS) is 19.1. The van der Waals surface area contributed by atoms with Crippen molar-refractivity contribution in [2.24, 2.45) is 0 Å². The number of rotatable bonds is 0. The van der Waals surface area contributed by atoms with Gasteiger partial charge in [-0.1, -0.05) is 48.6 Å². The molecule has 0 amide bonds. The molecule has 0 aromatic carbocycles. The monoisotopic (exact) mass is 174 g/mol. The molecule has 0 fully saturated rings. The lowest BCUT2D eigenvalue weighted by Crippen LogP contribution is -1.67. The van der Waals surface area contributed by atoms with Gasteiger partial charge in [-0.3, -0.25) is 0 Å². The van der Waals surface area contributed by atoms with Gasteiger partial charge in [-0.25, -0.2) is 0 Å². The average Bonchev–Trinajstić information content (AvgIpc) is 2.53. The second kappa shape index (κ2) is 7.60. The predicted molar refractivity (Wildman–Crippen MR) is 59.6 cm³/mol. The van der Waals surface area contributed by atoms with Crippen LogP contribution >= 0.6 is 0 Å². The van der Waals surface area contributed by atoms with Gasteiger partial charge in [0.05, 0.1) is 0 Å². The zero-order chi connectivity index (χ0) is 9.19. The molecular formula is C13H18. The molecule has 0 aliphatic heterocycles. The molecule has 0 N–H and O–H groups in total. The molecule has 2 aliphatic rings. The largest absolute Gasteiger partial charge is 0.0845 e. The third-order valence-electron chi connectivity index (χ3n) is 2.01. The summed E-state index contributed by atoms with van der Waals surface area (Å²) in [7, 11) is 0. The van der Waals surface area contributed by atoms with E-state index in [1.165, 1.54) is 32.1 Å². The molecule has 0 unspecified atom stereocenters. The van der Waals surface area contributed by atoms with Crippen molar-refractivity contribution in [1.29, 1.82) is 0 Å². The van der Waals surface area contributed by atoms with Gasteiger partial charge >= 0.3 is 0 Å². The van der Waals surface area contributed by atoms with Crippen molar-refractivity contribution < 1.29 is 0 Å². The maximum absolute atomic E-state index is 2.21. The zero-order valence-corrected chi connectivity index (χ0v) is 8.15. The average molecular weight is 174 g/mol. The van der Waals surface area contributed by atoms with E-state index in [0.717, 1.165) is 0 Å². The van der Waals surface area contributed by atoms with E-state index in [1.54, 1.807) is 0 Å². The predicted octanol–water partition coefficient (Wildman–Crippen LogP) is 4.18. The highest BCUT2D eigenvalue weighted by Gasteiger charge is 1.81. The molecule has 2 aliphatic carbocycles. The molecule has 2 rings (SSSR count). The number of hydrogen-bond donors (Lipinski definition) is 0. The van der Waals surface area contributed by atoms with Crippen LogP contribution in [0.4, 0.5) is 0 Å². The van der Waals surface area contributed by atoms with E-state index in [0.29, 0.717) is 0 Å². The molecule has 0 saturated heterocycles. The summed E-state index contributed by atoms with van der Waals surface area (Å²) in [5.41, 5.74) is 0. The van der Waals surface area contributed by atoms with Crippen LogP contribution in [-0.4, -0.2) is 0 Å². The van der Waals surface area contributed by atoms with Crippen molar-refractivity contribution >= 4 is 0 Å². The van der Waals surface area contributed by atoms with Crippen LogP contribution in [0.5, 0.6) is 0 Å². The second-order valence-electron chi connectivity index (χ2n) is 3.22. The van der Waals surface area contributed by atoms with Gasteiger partial charge in [0, 0.05) is 0 Å². The van der Waals surface area contributed by atoms with Crippen molar-refractivity contribution in [3.05, 3.63) is 48.6 Å². The maximum Gasteiger partial charge on any atom is -0.0313 e. The fraction of sp³-hybridized carbons (Fsp3) is 0.385. The van der Waals surface area contributed by atoms with Gasteiger partial charge in [-0.15, -0.1) is 0 Å². The minimum Gasteiger partial charge on any atom is -0.0845 e. The lowest BCUT2D eigenvalue weighted by atomic mass is 10.2. The number of allylic oxidation sites excluding steroid dienone is 8. The van der Waals surface area contributed by atoms with Crippen molar-refractivity contribution in [1.82, 2.24) is 0 Å². The molecule has 0 heterocycles. The first-order valence-corrected chi connectivity index (χ1v) is 5.13. The van der Waals surface area contributed by atoms with Crippen LogP contribution in [-0.2, 0) is 0 Å². The Kier molecular flexibility index (Phi) is 5.87. The first-order valence-electron chi connectivity index (χ1n) is 5.13. The summed E-state index contributed by atoms with van der Waals surface area (Å²) in [4.78, 5) is 0. The van der Waals surface area contributed by atoms with Crippen molar-refractivity contribution in [3.8, 4) is 0 Å². The van der Waals surface area contributed by atoms with Crippen LogP contribution < -0.4 is 0 Å². The van der Waals surface area contributed by atoms with E-state index in [-0.39, 0.29) is 0 Å². The fourth-order valence-electron chi connectivity index (χ4n) is 1.25. The first-order chi connectivity index (χ1) is 6.50. The minimum absolute atomic E-state index is 1.23. The molecule has 0 nitrogen and oxygen atoms in total. The Morgan fingerprint density at radius 3 is 1.23 bits per heavy atom. The highest BCUT2D eigenvalue weighted by Crippen LogP contribution is 2.01. The van der Waals surface area contributed by atoms with Gasteiger partial charge in [-0.05, 0) is 32.1 Å². The molecular weight excluding hydrogens is 156 g/mol. The van der Waals surface area contributed by atoms with Crippen molar-refractivity contribution in [3.63, 3.8) is 0 Å². The lowest BCUT2D eigenvalue weighted by molar-refractivity contribution is 0.876. The molecule has 0 aromatic rings. The van der Waals surface area contributed by atoms with E-state index >= 15 is 0 Å².